The van der Waals surface area contributed by atoms with E-state index < -0.39 is 0 Å². The summed E-state index contributed by atoms with van der Waals surface area (Å²) in [6.45, 7) is 4.16. The van der Waals surface area contributed by atoms with E-state index in [1.165, 1.54) is 0 Å². The monoisotopic (exact) mass is 287 g/mol. The number of hydrogen-bond acceptors (Lipinski definition) is 4. The predicted octanol–water partition coefficient (Wildman–Crippen LogP) is 2.18. The van der Waals surface area contributed by atoms with Crippen molar-refractivity contribution in [3.05, 3.63) is 58.9 Å². The van der Waals surface area contributed by atoms with Gasteiger partial charge in [0.05, 0.1) is 12.7 Å². The molecular weight excluding hydrogens is 269 g/mol. The van der Waals surface area contributed by atoms with Gasteiger partial charge in [-0.3, -0.25) is 0 Å². The van der Waals surface area contributed by atoms with Crippen molar-refractivity contribution in [3.8, 4) is 0 Å². The average Bonchev–Trinajstić information content (AvgIpc) is 2.52. The Morgan fingerprint density at radius 2 is 2.14 bits per heavy atom. The van der Waals surface area contributed by atoms with Gasteiger partial charge in [-0.15, -0.1) is 0 Å². The Morgan fingerprint density at radius 1 is 1.33 bits per heavy atom. The van der Waals surface area contributed by atoms with E-state index in [-0.39, 0.29) is 11.9 Å². The second-order valence-corrected chi connectivity index (χ2v) is 5.27. The Morgan fingerprint density at radius 3 is 2.81 bits per heavy atom. The molecule has 2 aromatic rings. The van der Waals surface area contributed by atoms with E-state index in [1.54, 1.807) is 24.5 Å². The molecule has 1 aromatic carbocycles. The molecule has 1 fully saturated rings. The zero-order valence-corrected chi connectivity index (χ0v) is 12.0. The minimum absolute atomic E-state index is 0.0714. The molecule has 5 heteroatoms. The van der Waals surface area contributed by atoms with E-state index in [1.807, 2.05) is 13.0 Å². The van der Waals surface area contributed by atoms with E-state index in [0.717, 1.165) is 24.2 Å². The maximum atomic E-state index is 14.2. The van der Waals surface area contributed by atoms with Crippen LogP contribution in [0.1, 0.15) is 28.6 Å². The average molecular weight is 287 g/mol. The summed E-state index contributed by atoms with van der Waals surface area (Å²) in [5.74, 6) is 0.397. The highest BCUT2D eigenvalue weighted by Gasteiger charge is 2.17. The molecule has 2 heterocycles. The molecule has 0 saturated carbocycles. The summed E-state index contributed by atoms with van der Waals surface area (Å²) in [7, 11) is 0. The Labute approximate surface area is 123 Å². The van der Waals surface area contributed by atoms with Crippen LogP contribution in [0.15, 0.2) is 30.6 Å². The van der Waals surface area contributed by atoms with E-state index in [2.05, 4.69) is 15.3 Å². The quantitative estimate of drug-likeness (QED) is 0.940. The zero-order valence-electron chi connectivity index (χ0n) is 12.0. The van der Waals surface area contributed by atoms with Crippen LogP contribution in [0.5, 0.6) is 0 Å². The Bertz CT molecular complexity index is 609. The molecule has 0 amide bonds. The minimum Gasteiger partial charge on any atom is -0.371 e. The molecule has 3 rings (SSSR count). The van der Waals surface area contributed by atoms with Crippen molar-refractivity contribution < 1.29 is 9.13 Å². The van der Waals surface area contributed by atoms with Crippen molar-refractivity contribution in [2.24, 2.45) is 0 Å². The number of nitrogens with one attached hydrogen (secondary N) is 1. The molecule has 1 atom stereocenters. The van der Waals surface area contributed by atoms with Gasteiger partial charge in [-0.1, -0.05) is 12.1 Å². The van der Waals surface area contributed by atoms with Gasteiger partial charge in [0.25, 0.3) is 0 Å². The number of aryl methyl sites for hydroxylation is 1. The smallest absolute Gasteiger partial charge is 0.132 e. The first-order valence-corrected chi connectivity index (χ1v) is 7.10. The SMILES string of the molecule is Cc1cnc(Cc2ccc([C@H]3CNCCO3)cc2F)nc1. The number of morpholine rings is 1. The highest BCUT2D eigenvalue weighted by atomic mass is 19.1. The third-order valence-corrected chi connectivity index (χ3v) is 3.56. The van der Waals surface area contributed by atoms with Gasteiger partial charge in [0, 0.05) is 31.9 Å². The van der Waals surface area contributed by atoms with Gasteiger partial charge in [-0.2, -0.15) is 0 Å². The highest BCUT2D eigenvalue weighted by molar-refractivity contribution is 5.28. The van der Waals surface area contributed by atoms with Gasteiger partial charge in [0.2, 0.25) is 0 Å². The lowest BCUT2D eigenvalue weighted by Gasteiger charge is -2.24. The first-order chi connectivity index (χ1) is 10.2. The molecule has 4 nitrogen and oxygen atoms in total. The van der Waals surface area contributed by atoms with Crippen molar-refractivity contribution in [2.45, 2.75) is 19.4 Å². The number of benzene rings is 1. The van der Waals surface area contributed by atoms with E-state index in [4.69, 9.17) is 4.74 Å². The lowest BCUT2D eigenvalue weighted by molar-refractivity contribution is 0.0275. The van der Waals surface area contributed by atoms with Gasteiger partial charge in [-0.25, -0.2) is 14.4 Å². The van der Waals surface area contributed by atoms with Crippen LogP contribution < -0.4 is 5.32 Å². The van der Waals surface area contributed by atoms with Gasteiger partial charge in [0.1, 0.15) is 11.6 Å². The van der Waals surface area contributed by atoms with E-state index in [0.29, 0.717) is 24.4 Å². The topological polar surface area (TPSA) is 47.0 Å². The predicted molar refractivity (Wildman–Crippen MR) is 77.5 cm³/mol. The molecule has 0 radical (unpaired) electrons. The Kier molecular flexibility index (Phi) is 4.22. The lowest BCUT2D eigenvalue weighted by Crippen LogP contribution is -2.33. The molecule has 0 unspecified atom stereocenters. The largest absolute Gasteiger partial charge is 0.371 e. The molecule has 1 aliphatic heterocycles. The maximum absolute atomic E-state index is 14.2. The molecule has 1 aliphatic rings. The summed E-state index contributed by atoms with van der Waals surface area (Å²) < 4.78 is 19.9. The number of ether oxygens (including phenoxy) is 1. The fourth-order valence-corrected chi connectivity index (χ4v) is 2.37. The molecule has 1 aromatic heterocycles. The summed E-state index contributed by atoms with van der Waals surface area (Å²) in [5.41, 5.74) is 2.47. The van der Waals surface area contributed by atoms with Crippen LogP contribution >= 0.6 is 0 Å². The first-order valence-electron chi connectivity index (χ1n) is 7.10. The molecular formula is C16H18FN3O. The van der Waals surface area contributed by atoms with Crippen molar-refractivity contribution in [2.75, 3.05) is 19.7 Å². The molecule has 110 valence electrons. The standard InChI is InChI=1S/C16H18FN3O/c1-11-8-19-16(20-9-11)7-12-2-3-13(6-14(12)17)15-10-18-4-5-21-15/h2-3,6,8-9,15,18H,4-5,7,10H2,1H3/t15-/m1/s1. The summed E-state index contributed by atoms with van der Waals surface area (Å²) in [4.78, 5) is 8.43. The minimum atomic E-state index is -0.231. The molecule has 21 heavy (non-hydrogen) atoms. The van der Waals surface area contributed by atoms with Crippen LogP contribution in [0, 0.1) is 12.7 Å². The number of aromatic nitrogens is 2. The molecule has 1 N–H and O–H groups in total. The van der Waals surface area contributed by atoms with Gasteiger partial charge < -0.3 is 10.1 Å². The van der Waals surface area contributed by atoms with E-state index in [9.17, 15) is 4.39 Å². The molecule has 0 bridgehead atoms. The molecule has 1 saturated heterocycles. The summed E-state index contributed by atoms with van der Waals surface area (Å²) in [5, 5.41) is 3.25. The Balaban J connectivity index is 1.76. The van der Waals surface area contributed by atoms with Crippen molar-refractivity contribution in [1.29, 1.82) is 0 Å². The first kappa shape index (κ1) is 14.1. The molecule has 0 aliphatic carbocycles. The van der Waals surface area contributed by atoms with Crippen LogP contribution in [-0.2, 0) is 11.2 Å². The highest BCUT2D eigenvalue weighted by Crippen LogP contribution is 2.22. The second-order valence-electron chi connectivity index (χ2n) is 5.27. The van der Waals surface area contributed by atoms with Crippen LogP contribution in [0.4, 0.5) is 4.39 Å². The van der Waals surface area contributed by atoms with Gasteiger partial charge >= 0.3 is 0 Å². The Hall–Kier alpha value is -1.85. The second kappa shape index (κ2) is 6.28. The number of halogens is 1. The lowest BCUT2D eigenvalue weighted by atomic mass is 10.0. The van der Waals surface area contributed by atoms with Gasteiger partial charge in [-0.05, 0) is 29.7 Å². The number of nitrogens with zero attached hydrogens (tertiary/aromatic N) is 2. The summed E-state index contributed by atoms with van der Waals surface area (Å²) in [6.07, 6.45) is 3.82. The maximum Gasteiger partial charge on any atom is 0.132 e. The van der Waals surface area contributed by atoms with E-state index >= 15 is 0 Å². The van der Waals surface area contributed by atoms with Crippen LogP contribution in [0.2, 0.25) is 0 Å². The van der Waals surface area contributed by atoms with Crippen molar-refractivity contribution in [1.82, 2.24) is 15.3 Å². The number of rotatable bonds is 3. The van der Waals surface area contributed by atoms with Crippen molar-refractivity contribution >= 4 is 0 Å². The normalized spacial score (nSPS) is 18.7. The van der Waals surface area contributed by atoms with Gasteiger partial charge in [0.15, 0.2) is 0 Å². The summed E-state index contributed by atoms with van der Waals surface area (Å²) in [6, 6.07) is 5.28. The van der Waals surface area contributed by atoms with Crippen LogP contribution in [0.25, 0.3) is 0 Å². The fraction of sp³-hybridized carbons (Fsp3) is 0.375. The third-order valence-electron chi connectivity index (χ3n) is 3.56. The van der Waals surface area contributed by atoms with Crippen LogP contribution in [-0.4, -0.2) is 29.7 Å². The number of hydrogen-bond donors (Lipinski definition) is 1. The fourth-order valence-electron chi connectivity index (χ4n) is 2.37. The molecule has 0 spiro atoms. The van der Waals surface area contributed by atoms with Crippen LogP contribution in [0.3, 0.4) is 0 Å². The third kappa shape index (κ3) is 3.43. The van der Waals surface area contributed by atoms with Crippen molar-refractivity contribution in [3.63, 3.8) is 0 Å². The zero-order chi connectivity index (χ0) is 14.7. The summed E-state index contributed by atoms with van der Waals surface area (Å²) >= 11 is 0.